The molecule has 0 aliphatic heterocycles. The fraction of sp³-hybridized carbons (Fsp3) is 0.125. The van der Waals surface area contributed by atoms with Crippen molar-refractivity contribution in [3.8, 4) is 11.5 Å². The number of carbonyl (C=O) groups is 1. The Morgan fingerprint density at radius 3 is 2.52 bits per heavy atom. The Hall–Kier alpha value is -2.82. The van der Waals surface area contributed by atoms with E-state index in [4.69, 9.17) is 9.84 Å². The van der Waals surface area contributed by atoms with Crippen LogP contribution in [0.5, 0.6) is 11.5 Å². The van der Waals surface area contributed by atoms with Crippen LogP contribution in [0.1, 0.15) is 12.5 Å². The zero-order valence-corrected chi connectivity index (χ0v) is 11.6. The zero-order valence-electron chi connectivity index (χ0n) is 11.6. The van der Waals surface area contributed by atoms with Crippen molar-refractivity contribution >= 4 is 12.1 Å². The van der Waals surface area contributed by atoms with E-state index in [2.05, 4.69) is 10.5 Å². The van der Waals surface area contributed by atoms with Gasteiger partial charge in [-0.05, 0) is 48.9 Å². The first-order valence-corrected chi connectivity index (χ1v) is 6.49. The molecule has 2 aromatic rings. The molecule has 0 unspecified atom stereocenters. The van der Waals surface area contributed by atoms with E-state index >= 15 is 0 Å². The van der Waals surface area contributed by atoms with Crippen LogP contribution in [0.2, 0.25) is 0 Å². The number of nitrogens with zero attached hydrogens (tertiary/aromatic N) is 1. The molecule has 0 spiro atoms. The summed E-state index contributed by atoms with van der Waals surface area (Å²) in [5, 5.41) is 13.0. The maximum Gasteiger partial charge on any atom is 0.280 e. The summed E-state index contributed by atoms with van der Waals surface area (Å²) >= 11 is 0. The van der Waals surface area contributed by atoms with Gasteiger partial charge in [-0.15, -0.1) is 0 Å². The Bertz CT molecular complexity index is 609. The van der Waals surface area contributed by atoms with Gasteiger partial charge in [0.1, 0.15) is 11.5 Å². The van der Waals surface area contributed by atoms with Crippen LogP contribution in [-0.2, 0) is 4.79 Å². The van der Waals surface area contributed by atoms with Crippen LogP contribution < -0.4 is 10.2 Å². The summed E-state index contributed by atoms with van der Waals surface area (Å²) in [5.74, 6) is 0.470. The Morgan fingerprint density at radius 1 is 1.19 bits per heavy atom. The molecule has 2 aromatic carbocycles. The van der Waals surface area contributed by atoms with Crippen molar-refractivity contribution in [3.63, 3.8) is 0 Å². The highest BCUT2D eigenvalue weighted by Gasteiger charge is 2.13. The second-order valence-corrected chi connectivity index (χ2v) is 4.40. The first-order chi connectivity index (χ1) is 10.1. The van der Waals surface area contributed by atoms with Crippen molar-refractivity contribution in [2.45, 2.75) is 13.0 Å². The highest BCUT2D eigenvalue weighted by molar-refractivity contribution is 5.84. The van der Waals surface area contributed by atoms with Crippen LogP contribution >= 0.6 is 0 Å². The number of ether oxygens (including phenoxy) is 1. The normalized spacial score (nSPS) is 12.0. The molecule has 1 amide bonds. The fourth-order valence-electron chi connectivity index (χ4n) is 1.58. The molecule has 5 nitrogen and oxygen atoms in total. The number of para-hydroxylation sites is 1. The van der Waals surface area contributed by atoms with E-state index in [-0.39, 0.29) is 11.7 Å². The van der Waals surface area contributed by atoms with E-state index in [1.807, 2.05) is 18.2 Å². The second-order valence-electron chi connectivity index (χ2n) is 4.40. The van der Waals surface area contributed by atoms with Crippen molar-refractivity contribution in [2.75, 3.05) is 0 Å². The average Bonchev–Trinajstić information content (AvgIpc) is 2.50. The molecule has 5 heteroatoms. The molecule has 108 valence electrons. The van der Waals surface area contributed by atoms with Crippen LogP contribution in [0.3, 0.4) is 0 Å². The van der Waals surface area contributed by atoms with Gasteiger partial charge in [-0.25, -0.2) is 5.43 Å². The summed E-state index contributed by atoms with van der Waals surface area (Å²) in [7, 11) is 0. The number of rotatable bonds is 5. The largest absolute Gasteiger partial charge is 0.508 e. The first-order valence-electron chi connectivity index (χ1n) is 6.49. The lowest BCUT2D eigenvalue weighted by molar-refractivity contribution is -0.127. The standard InChI is InChI=1S/C16H16N2O3/c1-12(21-15-5-3-2-4-6-15)16(20)18-17-11-13-7-9-14(19)10-8-13/h2-12,19H,1H3,(H,18,20)/b17-11+/t12-/m1/s1. The van der Waals surface area contributed by atoms with E-state index in [0.29, 0.717) is 5.75 Å². The summed E-state index contributed by atoms with van der Waals surface area (Å²) in [5.41, 5.74) is 3.18. The molecule has 2 rings (SSSR count). The van der Waals surface area contributed by atoms with Crippen molar-refractivity contribution in [1.29, 1.82) is 0 Å². The molecule has 0 bridgehead atoms. The van der Waals surface area contributed by atoms with Gasteiger partial charge in [0.05, 0.1) is 6.21 Å². The highest BCUT2D eigenvalue weighted by atomic mass is 16.5. The van der Waals surface area contributed by atoms with Gasteiger partial charge in [-0.2, -0.15) is 5.10 Å². The number of nitrogens with one attached hydrogen (secondary N) is 1. The van der Waals surface area contributed by atoms with E-state index in [0.717, 1.165) is 5.56 Å². The number of aromatic hydroxyl groups is 1. The lowest BCUT2D eigenvalue weighted by atomic mass is 10.2. The molecule has 0 aliphatic carbocycles. The SMILES string of the molecule is C[C@@H](Oc1ccccc1)C(=O)N/N=C/c1ccc(O)cc1. The molecule has 0 fully saturated rings. The number of phenolic OH excluding ortho intramolecular Hbond substituents is 1. The minimum atomic E-state index is -0.649. The molecule has 0 aliphatic rings. The van der Waals surface area contributed by atoms with Gasteiger partial charge in [0.15, 0.2) is 6.10 Å². The van der Waals surface area contributed by atoms with Crippen LogP contribution in [0, 0.1) is 0 Å². The summed E-state index contributed by atoms with van der Waals surface area (Å²) in [6.45, 7) is 1.65. The van der Waals surface area contributed by atoms with Crippen LogP contribution in [-0.4, -0.2) is 23.3 Å². The number of hydrogen-bond acceptors (Lipinski definition) is 4. The molecule has 0 saturated heterocycles. The van der Waals surface area contributed by atoms with Crippen LogP contribution in [0.4, 0.5) is 0 Å². The summed E-state index contributed by atoms with van der Waals surface area (Å²) in [6, 6.07) is 15.6. The smallest absolute Gasteiger partial charge is 0.280 e. The maximum absolute atomic E-state index is 11.8. The third-order valence-electron chi connectivity index (χ3n) is 2.71. The van der Waals surface area contributed by atoms with Crippen LogP contribution in [0.25, 0.3) is 0 Å². The lowest BCUT2D eigenvalue weighted by Gasteiger charge is -2.12. The molecule has 0 aromatic heterocycles. The molecule has 21 heavy (non-hydrogen) atoms. The van der Waals surface area contributed by atoms with Crippen molar-refractivity contribution in [1.82, 2.24) is 5.43 Å². The minimum Gasteiger partial charge on any atom is -0.508 e. The molecule has 0 saturated carbocycles. The summed E-state index contributed by atoms with van der Waals surface area (Å²) < 4.78 is 5.48. The predicted octanol–water partition coefficient (Wildman–Crippen LogP) is 2.31. The van der Waals surface area contributed by atoms with E-state index in [1.165, 1.54) is 6.21 Å². The average molecular weight is 284 g/mol. The molecular formula is C16H16N2O3. The number of carbonyl (C=O) groups excluding carboxylic acids is 1. The summed E-state index contributed by atoms with van der Waals surface area (Å²) in [4.78, 5) is 11.8. The van der Waals surface area contributed by atoms with E-state index in [9.17, 15) is 4.79 Å². The van der Waals surface area contributed by atoms with Gasteiger partial charge in [-0.1, -0.05) is 18.2 Å². The topological polar surface area (TPSA) is 70.9 Å². The maximum atomic E-state index is 11.8. The quantitative estimate of drug-likeness (QED) is 0.654. The lowest BCUT2D eigenvalue weighted by Crippen LogP contribution is -2.33. The number of amides is 1. The minimum absolute atomic E-state index is 0.182. The Balaban J connectivity index is 1.85. The Morgan fingerprint density at radius 2 is 1.86 bits per heavy atom. The molecular weight excluding hydrogens is 268 g/mol. The van der Waals surface area contributed by atoms with Gasteiger partial charge < -0.3 is 9.84 Å². The molecule has 0 heterocycles. The van der Waals surface area contributed by atoms with Gasteiger partial charge in [0.2, 0.25) is 0 Å². The number of benzene rings is 2. The fourth-order valence-corrected chi connectivity index (χ4v) is 1.58. The van der Waals surface area contributed by atoms with E-state index in [1.54, 1.807) is 43.3 Å². The van der Waals surface area contributed by atoms with Crippen molar-refractivity contribution in [2.24, 2.45) is 5.10 Å². The number of hydrogen-bond donors (Lipinski definition) is 2. The van der Waals surface area contributed by atoms with Gasteiger partial charge in [0, 0.05) is 0 Å². The Labute approximate surface area is 122 Å². The third kappa shape index (κ3) is 4.65. The van der Waals surface area contributed by atoms with Gasteiger partial charge in [0.25, 0.3) is 5.91 Å². The van der Waals surface area contributed by atoms with Gasteiger partial charge >= 0.3 is 0 Å². The predicted molar refractivity (Wildman–Crippen MR) is 80.4 cm³/mol. The Kier molecular flexibility index (Phi) is 4.93. The van der Waals surface area contributed by atoms with Crippen molar-refractivity contribution in [3.05, 3.63) is 60.2 Å². The highest BCUT2D eigenvalue weighted by Crippen LogP contribution is 2.10. The van der Waals surface area contributed by atoms with E-state index < -0.39 is 6.10 Å². The van der Waals surface area contributed by atoms with Crippen molar-refractivity contribution < 1.29 is 14.6 Å². The first kappa shape index (κ1) is 14.6. The van der Waals surface area contributed by atoms with Crippen LogP contribution in [0.15, 0.2) is 59.7 Å². The molecule has 2 N–H and O–H groups in total. The molecule has 0 radical (unpaired) electrons. The monoisotopic (exact) mass is 284 g/mol. The molecule has 1 atom stereocenters. The zero-order chi connectivity index (χ0) is 15.1. The third-order valence-corrected chi connectivity index (χ3v) is 2.71. The number of hydrazone groups is 1. The van der Waals surface area contributed by atoms with Gasteiger partial charge in [-0.3, -0.25) is 4.79 Å². The summed E-state index contributed by atoms with van der Waals surface area (Å²) in [6.07, 6.45) is 0.844. The second kappa shape index (κ2) is 7.09. The number of phenols is 1.